The number of aromatic nitrogens is 2. The van der Waals surface area contributed by atoms with Crippen molar-refractivity contribution in [2.24, 2.45) is 5.92 Å². The first-order valence-corrected chi connectivity index (χ1v) is 11.8. The number of aromatic amines is 1. The number of nitrogens with zero attached hydrogens (tertiary/aromatic N) is 2. The number of allylic oxidation sites excluding steroid dienone is 3. The molecule has 2 aliphatic rings. The molecular formula is C26H32F2N4O2. The van der Waals surface area contributed by atoms with Crippen molar-refractivity contribution in [2.45, 2.75) is 52.2 Å². The fraction of sp³-hybridized carbons (Fsp3) is 0.462. The lowest BCUT2D eigenvalue weighted by Gasteiger charge is -2.29. The summed E-state index contributed by atoms with van der Waals surface area (Å²) in [5.74, 6) is 0.658. The largest absolute Gasteiger partial charge is 0.434 e. The Bertz CT molecular complexity index is 1080. The van der Waals surface area contributed by atoms with Gasteiger partial charge in [0, 0.05) is 11.6 Å². The molecule has 1 aliphatic carbocycles. The van der Waals surface area contributed by atoms with Crippen LogP contribution in [-0.2, 0) is 0 Å². The fourth-order valence-corrected chi connectivity index (χ4v) is 4.43. The van der Waals surface area contributed by atoms with Gasteiger partial charge in [0.05, 0.1) is 17.5 Å². The highest BCUT2D eigenvalue weighted by molar-refractivity contribution is 5.99. The van der Waals surface area contributed by atoms with Crippen molar-refractivity contribution in [2.75, 3.05) is 20.1 Å². The van der Waals surface area contributed by atoms with Gasteiger partial charge in [0.2, 0.25) is 0 Å². The first kappa shape index (κ1) is 24.1. The zero-order valence-electron chi connectivity index (χ0n) is 19.9. The van der Waals surface area contributed by atoms with Gasteiger partial charge in [0.1, 0.15) is 11.6 Å². The quantitative estimate of drug-likeness (QED) is 0.522. The number of benzene rings is 1. The van der Waals surface area contributed by atoms with Crippen LogP contribution >= 0.6 is 0 Å². The molecule has 4 rings (SSSR count). The van der Waals surface area contributed by atoms with Crippen LogP contribution in [0.5, 0.6) is 5.75 Å². The highest BCUT2D eigenvalue weighted by atomic mass is 19.3. The van der Waals surface area contributed by atoms with Crippen molar-refractivity contribution < 1.29 is 18.3 Å². The molecule has 2 aromatic rings. The minimum Gasteiger partial charge on any atom is -0.434 e. The van der Waals surface area contributed by atoms with E-state index in [0.29, 0.717) is 28.6 Å². The number of hydrogen-bond donors (Lipinski definition) is 2. The minimum absolute atomic E-state index is 0.115. The normalized spacial score (nSPS) is 18.1. The number of alkyl halides is 2. The van der Waals surface area contributed by atoms with E-state index in [4.69, 9.17) is 4.74 Å². The second-order valence-corrected chi connectivity index (χ2v) is 9.20. The van der Waals surface area contributed by atoms with Crippen molar-refractivity contribution in [3.05, 3.63) is 53.0 Å². The van der Waals surface area contributed by atoms with Crippen LogP contribution in [0.1, 0.15) is 54.4 Å². The first-order valence-electron chi connectivity index (χ1n) is 11.8. The number of carbonyl (C=O) groups excluding carboxylic acids is 1. The number of rotatable bonds is 8. The molecule has 0 spiro atoms. The Morgan fingerprint density at radius 1 is 1.26 bits per heavy atom. The molecular weight excluding hydrogens is 438 g/mol. The Kier molecular flexibility index (Phi) is 7.46. The van der Waals surface area contributed by atoms with E-state index in [0.717, 1.165) is 38.8 Å². The van der Waals surface area contributed by atoms with E-state index >= 15 is 0 Å². The van der Waals surface area contributed by atoms with E-state index in [1.54, 1.807) is 19.2 Å². The van der Waals surface area contributed by atoms with Crippen LogP contribution in [0.25, 0.3) is 17.3 Å². The van der Waals surface area contributed by atoms with Gasteiger partial charge in [0.15, 0.2) is 0 Å². The van der Waals surface area contributed by atoms with Gasteiger partial charge in [-0.1, -0.05) is 12.2 Å². The second-order valence-electron chi connectivity index (χ2n) is 9.20. The summed E-state index contributed by atoms with van der Waals surface area (Å²) in [6, 6.07) is 3.39. The van der Waals surface area contributed by atoms with E-state index in [-0.39, 0.29) is 23.3 Å². The second kappa shape index (κ2) is 10.5. The number of amides is 1. The van der Waals surface area contributed by atoms with Gasteiger partial charge in [-0.05, 0) is 94.9 Å². The summed E-state index contributed by atoms with van der Waals surface area (Å²) in [5.41, 5.74) is 3.25. The predicted molar refractivity (Wildman–Crippen MR) is 129 cm³/mol. The standard InChI is InChI=1S/C26H32F2N4O2/c1-4-5-18(17-8-10-32(3)11-9-17)14-23-29-15-21(31-23)19-12-16(2)24(22(13-19)34-26(27)28)25(33)30-20-6-7-20/h4-5,12-15,17,20,26H,6-11H2,1-3H3,(H,29,31)(H,30,33)/b5-4-,18-14+. The molecule has 1 saturated heterocycles. The molecule has 0 radical (unpaired) electrons. The molecule has 0 atom stereocenters. The van der Waals surface area contributed by atoms with Gasteiger partial charge in [-0.3, -0.25) is 4.79 Å². The SMILES string of the molecule is C/C=C\C(=C/c1ncc(-c2cc(C)c(C(=O)NC3CC3)c(OC(F)F)c2)[nH]1)C1CCN(C)CC1. The van der Waals surface area contributed by atoms with Gasteiger partial charge >= 0.3 is 6.61 Å². The number of carbonyl (C=O) groups is 1. The van der Waals surface area contributed by atoms with Gasteiger partial charge in [-0.25, -0.2) is 4.98 Å². The number of hydrogen-bond acceptors (Lipinski definition) is 4. The van der Waals surface area contributed by atoms with E-state index < -0.39 is 6.61 Å². The molecule has 1 amide bonds. The van der Waals surface area contributed by atoms with Crippen LogP contribution in [-0.4, -0.2) is 53.6 Å². The summed E-state index contributed by atoms with van der Waals surface area (Å²) in [4.78, 5) is 22.8. The fourth-order valence-electron chi connectivity index (χ4n) is 4.43. The lowest BCUT2D eigenvalue weighted by molar-refractivity contribution is -0.0501. The maximum atomic E-state index is 13.1. The number of ether oxygens (including phenoxy) is 1. The number of H-pyrrole nitrogens is 1. The zero-order valence-corrected chi connectivity index (χ0v) is 19.9. The number of nitrogens with one attached hydrogen (secondary N) is 2. The van der Waals surface area contributed by atoms with Gasteiger partial charge in [0.25, 0.3) is 5.91 Å². The van der Waals surface area contributed by atoms with Crippen LogP contribution in [0.3, 0.4) is 0 Å². The van der Waals surface area contributed by atoms with Crippen LogP contribution < -0.4 is 10.1 Å². The summed E-state index contributed by atoms with van der Waals surface area (Å²) in [6.07, 6.45) is 11.9. The number of imidazole rings is 1. The molecule has 2 fully saturated rings. The zero-order chi connectivity index (χ0) is 24.2. The lowest BCUT2D eigenvalue weighted by atomic mass is 9.88. The van der Waals surface area contributed by atoms with E-state index in [9.17, 15) is 13.6 Å². The first-order chi connectivity index (χ1) is 16.3. The smallest absolute Gasteiger partial charge is 0.387 e. The van der Waals surface area contributed by atoms with Crippen molar-refractivity contribution in [1.82, 2.24) is 20.2 Å². The van der Waals surface area contributed by atoms with E-state index in [1.807, 2.05) is 13.0 Å². The van der Waals surface area contributed by atoms with E-state index in [2.05, 4.69) is 39.4 Å². The van der Waals surface area contributed by atoms with Crippen molar-refractivity contribution in [3.8, 4) is 17.0 Å². The van der Waals surface area contributed by atoms with Gasteiger partial charge < -0.3 is 19.9 Å². The summed E-state index contributed by atoms with van der Waals surface area (Å²) in [5, 5.41) is 2.85. The molecule has 8 heteroatoms. The Hall–Kier alpha value is -3.00. The molecule has 2 heterocycles. The lowest BCUT2D eigenvalue weighted by Crippen LogP contribution is -2.30. The third kappa shape index (κ3) is 5.91. The summed E-state index contributed by atoms with van der Waals surface area (Å²) in [7, 11) is 2.14. The number of halogens is 2. The van der Waals surface area contributed by atoms with Gasteiger partial charge in [-0.2, -0.15) is 8.78 Å². The minimum atomic E-state index is -3.03. The topological polar surface area (TPSA) is 70.2 Å². The van der Waals surface area contributed by atoms with Gasteiger partial charge in [-0.15, -0.1) is 0 Å². The van der Waals surface area contributed by atoms with Crippen LogP contribution in [0, 0.1) is 12.8 Å². The number of likely N-dealkylation sites (tertiary alicyclic amines) is 1. The molecule has 1 saturated carbocycles. The average molecular weight is 471 g/mol. The average Bonchev–Trinajstić information content (AvgIpc) is 3.47. The Balaban J connectivity index is 1.62. The Morgan fingerprint density at radius 3 is 2.65 bits per heavy atom. The highest BCUT2D eigenvalue weighted by Crippen LogP contribution is 2.32. The highest BCUT2D eigenvalue weighted by Gasteiger charge is 2.27. The van der Waals surface area contributed by atoms with E-state index in [1.165, 1.54) is 11.6 Å². The molecule has 34 heavy (non-hydrogen) atoms. The maximum Gasteiger partial charge on any atom is 0.387 e. The Labute approximate surface area is 199 Å². The monoisotopic (exact) mass is 470 g/mol. The third-order valence-corrected chi connectivity index (χ3v) is 6.41. The molecule has 0 unspecified atom stereocenters. The predicted octanol–water partition coefficient (Wildman–Crippen LogP) is 5.18. The summed E-state index contributed by atoms with van der Waals surface area (Å²) >= 11 is 0. The number of piperidine rings is 1. The third-order valence-electron chi connectivity index (χ3n) is 6.41. The molecule has 0 bridgehead atoms. The molecule has 1 aromatic carbocycles. The maximum absolute atomic E-state index is 13.1. The molecule has 182 valence electrons. The molecule has 6 nitrogen and oxygen atoms in total. The van der Waals surface area contributed by atoms with Crippen molar-refractivity contribution >= 4 is 12.0 Å². The van der Waals surface area contributed by atoms with Crippen molar-refractivity contribution in [3.63, 3.8) is 0 Å². The van der Waals surface area contributed by atoms with Crippen LogP contribution in [0.4, 0.5) is 8.78 Å². The summed E-state index contributed by atoms with van der Waals surface area (Å²) < 4.78 is 31.0. The van der Waals surface area contributed by atoms with Crippen molar-refractivity contribution in [1.29, 1.82) is 0 Å². The number of aryl methyl sites for hydroxylation is 1. The molecule has 1 aromatic heterocycles. The van der Waals surface area contributed by atoms with Crippen LogP contribution in [0.2, 0.25) is 0 Å². The molecule has 1 aliphatic heterocycles. The molecule has 2 N–H and O–H groups in total. The Morgan fingerprint density at radius 2 is 2.00 bits per heavy atom. The van der Waals surface area contributed by atoms with Crippen LogP contribution in [0.15, 0.2) is 36.1 Å². The summed E-state index contributed by atoms with van der Waals surface area (Å²) in [6.45, 7) is 2.83.